The fourth-order valence-corrected chi connectivity index (χ4v) is 1.51. The van der Waals surface area contributed by atoms with Crippen LogP contribution >= 0.6 is 0 Å². The number of carbonyl (C=O) groups is 1. The van der Waals surface area contributed by atoms with Crippen molar-refractivity contribution >= 4 is 11.7 Å². The number of oxime groups is 1. The summed E-state index contributed by atoms with van der Waals surface area (Å²) in [6, 6.07) is -1.05. The quantitative estimate of drug-likeness (QED) is 0.296. The zero-order valence-corrected chi connectivity index (χ0v) is 10.3. The molecule has 18 heavy (non-hydrogen) atoms. The molecule has 0 heterocycles. The number of carbonyl (C=O) groups excluding carboxylic acids is 1. The molecule has 0 aliphatic carbocycles. The lowest BCUT2D eigenvalue weighted by molar-refractivity contribution is -0.141. The minimum absolute atomic E-state index is 0.298. The summed E-state index contributed by atoms with van der Waals surface area (Å²) in [5, 5.41) is 13.4. The molecular formula is C10H18F3N3O2. The number of amides is 1. The Morgan fingerprint density at radius 3 is 2.44 bits per heavy atom. The Labute approximate surface area is 103 Å². The normalized spacial score (nSPS) is 16.2. The molecule has 4 N–H and O–H groups in total. The molecule has 2 atom stereocenters. The summed E-state index contributed by atoms with van der Waals surface area (Å²) in [7, 11) is 0. The van der Waals surface area contributed by atoms with E-state index < -0.39 is 30.5 Å². The highest BCUT2D eigenvalue weighted by Gasteiger charge is 2.32. The Morgan fingerprint density at radius 1 is 1.50 bits per heavy atom. The zero-order valence-electron chi connectivity index (χ0n) is 10.3. The summed E-state index contributed by atoms with van der Waals surface area (Å²) in [6.45, 7) is 3.03. The molecule has 0 aromatic carbocycles. The van der Waals surface area contributed by atoms with Crippen molar-refractivity contribution in [2.24, 2.45) is 16.8 Å². The Morgan fingerprint density at radius 2 is 2.06 bits per heavy atom. The molecule has 0 rings (SSSR count). The van der Waals surface area contributed by atoms with Crippen LogP contribution in [0.3, 0.4) is 0 Å². The Hall–Kier alpha value is -1.47. The van der Waals surface area contributed by atoms with E-state index >= 15 is 0 Å². The van der Waals surface area contributed by atoms with Crippen LogP contribution in [0.4, 0.5) is 13.2 Å². The van der Waals surface area contributed by atoms with E-state index in [1.807, 2.05) is 0 Å². The highest BCUT2D eigenvalue weighted by atomic mass is 19.4. The SMILES string of the molecule is CCCC(C(=O)NC(C)CC(F)(F)F)C(N)=NO. The first-order valence-electron chi connectivity index (χ1n) is 5.55. The maximum absolute atomic E-state index is 12.1. The van der Waals surface area contributed by atoms with Crippen molar-refractivity contribution in [2.75, 3.05) is 0 Å². The molecule has 8 heteroatoms. The van der Waals surface area contributed by atoms with Gasteiger partial charge in [-0.2, -0.15) is 13.2 Å². The average molecular weight is 269 g/mol. The van der Waals surface area contributed by atoms with Gasteiger partial charge in [-0.1, -0.05) is 18.5 Å². The number of nitrogens with two attached hydrogens (primary N) is 1. The number of rotatable bonds is 6. The molecular weight excluding hydrogens is 251 g/mol. The highest BCUT2D eigenvalue weighted by Crippen LogP contribution is 2.21. The van der Waals surface area contributed by atoms with Crippen molar-refractivity contribution in [3.05, 3.63) is 0 Å². The van der Waals surface area contributed by atoms with Crippen LogP contribution < -0.4 is 11.1 Å². The van der Waals surface area contributed by atoms with Gasteiger partial charge in [-0.25, -0.2) is 0 Å². The fraction of sp³-hybridized carbons (Fsp3) is 0.800. The molecule has 106 valence electrons. The van der Waals surface area contributed by atoms with Crippen LogP contribution in [0.25, 0.3) is 0 Å². The van der Waals surface area contributed by atoms with Gasteiger partial charge in [-0.3, -0.25) is 4.79 Å². The standard InChI is InChI=1S/C10H18F3N3O2/c1-3-4-7(8(14)16-18)9(17)15-6(2)5-10(11,12)13/h6-7,18H,3-5H2,1-2H3,(H2,14,16)(H,15,17). The molecule has 5 nitrogen and oxygen atoms in total. The average Bonchev–Trinajstić information content (AvgIpc) is 2.21. The lowest BCUT2D eigenvalue weighted by Gasteiger charge is -2.20. The maximum Gasteiger partial charge on any atom is 0.391 e. The van der Waals surface area contributed by atoms with Crippen molar-refractivity contribution in [1.29, 1.82) is 0 Å². The lowest BCUT2D eigenvalue weighted by atomic mass is 10.0. The minimum Gasteiger partial charge on any atom is -0.409 e. The van der Waals surface area contributed by atoms with Crippen molar-refractivity contribution in [3.8, 4) is 0 Å². The summed E-state index contributed by atoms with van der Waals surface area (Å²) in [6.07, 6.45) is -4.57. The Bertz CT molecular complexity index is 305. The van der Waals surface area contributed by atoms with Crippen LogP contribution in [0.1, 0.15) is 33.1 Å². The summed E-state index contributed by atoms with van der Waals surface area (Å²) in [5.41, 5.74) is 5.32. The third-order valence-corrected chi connectivity index (χ3v) is 2.29. The van der Waals surface area contributed by atoms with Crippen LogP contribution in [-0.4, -0.2) is 29.2 Å². The molecule has 0 radical (unpaired) electrons. The van der Waals surface area contributed by atoms with E-state index in [0.29, 0.717) is 12.8 Å². The Balaban J connectivity index is 4.52. The van der Waals surface area contributed by atoms with Gasteiger partial charge in [0.25, 0.3) is 0 Å². The molecule has 0 saturated heterocycles. The number of hydrogen-bond donors (Lipinski definition) is 3. The van der Waals surface area contributed by atoms with Gasteiger partial charge in [0.05, 0.1) is 12.3 Å². The second-order valence-electron chi connectivity index (χ2n) is 4.10. The van der Waals surface area contributed by atoms with Gasteiger partial charge in [-0.05, 0) is 13.3 Å². The summed E-state index contributed by atoms with van der Waals surface area (Å²) >= 11 is 0. The molecule has 0 fully saturated rings. The molecule has 2 unspecified atom stereocenters. The van der Waals surface area contributed by atoms with Crippen molar-refractivity contribution in [3.63, 3.8) is 0 Å². The smallest absolute Gasteiger partial charge is 0.391 e. The maximum atomic E-state index is 12.1. The summed E-state index contributed by atoms with van der Waals surface area (Å²) in [4.78, 5) is 11.7. The predicted molar refractivity (Wildman–Crippen MR) is 60.1 cm³/mol. The third-order valence-electron chi connectivity index (χ3n) is 2.29. The van der Waals surface area contributed by atoms with Crippen LogP contribution in [0, 0.1) is 5.92 Å². The van der Waals surface area contributed by atoms with Gasteiger partial charge in [-0.15, -0.1) is 0 Å². The molecule has 0 aromatic rings. The van der Waals surface area contributed by atoms with Crippen molar-refractivity contribution in [2.45, 2.75) is 45.3 Å². The zero-order chi connectivity index (χ0) is 14.3. The second-order valence-corrected chi connectivity index (χ2v) is 4.10. The third kappa shape index (κ3) is 6.31. The van der Waals surface area contributed by atoms with Crippen molar-refractivity contribution in [1.82, 2.24) is 5.32 Å². The van der Waals surface area contributed by atoms with E-state index in [-0.39, 0.29) is 5.84 Å². The number of halogens is 3. The van der Waals surface area contributed by atoms with E-state index in [9.17, 15) is 18.0 Å². The largest absolute Gasteiger partial charge is 0.409 e. The fourth-order valence-electron chi connectivity index (χ4n) is 1.51. The number of amidine groups is 1. The molecule has 0 aromatic heterocycles. The first-order chi connectivity index (χ1) is 8.21. The molecule has 0 aliphatic rings. The van der Waals surface area contributed by atoms with Gasteiger partial charge in [0.15, 0.2) is 5.84 Å². The van der Waals surface area contributed by atoms with E-state index in [0.717, 1.165) is 0 Å². The first-order valence-corrected chi connectivity index (χ1v) is 5.55. The monoisotopic (exact) mass is 269 g/mol. The van der Waals surface area contributed by atoms with E-state index in [1.165, 1.54) is 6.92 Å². The summed E-state index contributed by atoms with van der Waals surface area (Å²) < 4.78 is 36.3. The molecule has 0 spiro atoms. The van der Waals surface area contributed by atoms with E-state index in [2.05, 4.69) is 10.5 Å². The lowest BCUT2D eigenvalue weighted by Crippen LogP contribution is -2.44. The number of alkyl halides is 3. The number of hydrogen-bond acceptors (Lipinski definition) is 3. The molecule has 0 bridgehead atoms. The van der Waals surface area contributed by atoms with E-state index in [1.54, 1.807) is 6.92 Å². The van der Waals surface area contributed by atoms with Crippen LogP contribution in [0.5, 0.6) is 0 Å². The Kier molecular flexibility index (Phi) is 6.50. The highest BCUT2D eigenvalue weighted by molar-refractivity contribution is 6.02. The van der Waals surface area contributed by atoms with Crippen LogP contribution in [-0.2, 0) is 4.79 Å². The topological polar surface area (TPSA) is 87.7 Å². The van der Waals surface area contributed by atoms with Gasteiger partial charge < -0.3 is 16.3 Å². The second kappa shape index (κ2) is 7.07. The van der Waals surface area contributed by atoms with E-state index in [4.69, 9.17) is 10.9 Å². The molecule has 1 amide bonds. The minimum atomic E-state index is -4.34. The number of nitrogens with zero attached hydrogens (tertiary/aromatic N) is 1. The van der Waals surface area contributed by atoms with Gasteiger partial charge in [0.2, 0.25) is 5.91 Å². The van der Waals surface area contributed by atoms with Crippen LogP contribution in [0.15, 0.2) is 5.16 Å². The molecule has 0 saturated carbocycles. The van der Waals surface area contributed by atoms with Gasteiger partial charge in [0, 0.05) is 6.04 Å². The first kappa shape index (κ1) is 16.5. The molecule has 0 aliphatic heterocycles. The van der Waals surface area contributed by atoms with Crippen molar-refractivity contribution < 1.29 is 23.2 Å². The van der Waals surface area contributed by atoms with Gasteiger partial charge in [0.1, 0.15) is 0 Å². The van der Waals surface area contributed by atoms with Gasteiger partial charge >= 0.3 is 6.18 Å². The predicted octanol–water partition coefficient (Wildman–Crippen LogP) is 1.61. The number of nitrogens with one attached hydrogen (secondary N) is 1. The van der Waals surface area contributed by atoms with Crippen LogP contribution in [0.2, 0.25) is 0 Å². The summed E-state index contributed by atoms with van der Waals surface area (Å²) in [5.74, 6) is -1.87.